The van der Waals surface area contributed by atoms with Gasteiger partial charge in [-0.3, -0.25) is 9.59 Å². The second-order valence-electron chi connectivity index (χ2n) is 6.22. The highest BCUT2D eigenvalue weighted by atomic mass is 32.2. The highest BCUT2D eigenvalue weighted by molar-refractivity contribution is 8.04. The van der Waals surface area contributed by atoms with Gasteiger partial charge in [0.15, 0.2) is 11.5 Å². The number of carbonyl (C=O) groups excluding carboxylic acids is 2. The van der Waals surface area contributed by atoms with E-state index in [1.807, 2.05) is 44.2 Å². The van der Waals surface area contributed by atoms with Crippen LogP contribution in [0.1, 0.15) is 19.4 Å². The van der Waals surface area contributed by atoms with Gasteiger partial charge in [-0.1, -0.05) is 44.2 Å². The zero-order chi connectivity index (χ0) is 19.6. The average Bonchev–Trinajstić information content (AvgIpc) is 2.91. The average molecular weight is 383 g/mol. The summed E-state index contributed by atoms with van der Waals surface area (Å²) in [7, 11) is 3.05. The number of thioether (sulfide) groups is 1. The Labute approximate surface area is 163 Å². The number of rotatable bonds is 6. The van der Waals surface area contributed by atoms with Gasteiger partial charge in [0.05, 0.1) is 30.4 Å². The van der Waals surface area contributed by atoms with Gasteiger partial charge in [-0.05, 0) is 17.7 Å². The first-order valence-electron chi connectivity index (χ1n) is 8.55. The Morgan fingerprint density at radius 2 is 1.56 bits per heavy atom. The van der Waals surface area contributed by atoms with Gasteiger partial charge in [0.25, 0.3) is 11.8 Å². The minimum absolute atomic E-state index is 0.167. The van der Waals surface area contributed by atoms with Gasteiger partial charge in [0.2, 0.25) is 0 Å². The van der Waals surface area contributed by atoms with Gasteiger partial charge >= 0.3 is 0 Å². The molecular weight excluding hydrogens is 362 g/mol. The number of nitrogens with zero attached hydrogens (tertiary/aromatic N) is 1. The molecule has 0 aromatic heterocycles. The molecule has 0 spiro atoms. The molecule has 27 heavy (non-hydrogen) atoms. The van der Waals surface area contributed by atoms with E-state index >= 15 is 0 Å². The summed E-state index contributed by atoms with van der Waals surface area (Å²) in [6.45, 7) is 3.99. The van der Waals surface area contributed by atoms with Crippen molar-refractivity contribution in [2.24, 2.45) is 0 Å². The maximum Gasteiger partial charge on any atom is 0.272 e. The molecule has 6 heteroatoms. The van der Waals surface area contributed by atoms with E-state index in [0.29, 0.717) is 27.7 Å². The lowest BCUT2D eigenvalue weighted by atomic mass is 10.1. The van der Waals surface area contributed by atoms with Gasteiger partial charge < -0.3 is 9.47 Å². The number of ether oxygens (including phenoxy) is 2. The van der Waals surface area contributed by atoms with E-state index in [2.05, 4.69) is 0 Å². The van der Waals surface area contributed by atoms with Crippen molar-refractivity contribution in [1.82, 2.24) is 0 Å². The van der Waals surface area contributed by atoms with E-state index in [9.17, 15) is 9.59 Å². The first-order valence-corrected chi connectivity index (χ1v) is 9.43. The predicted octanol–water partition coefficient (Wildman–Crippen LogP) is 4.13. The first-order chi connectivity index (χ1) is 13.0. The maximum absolute atomic E-state index is 13.2. The third-order valence-electron chi connectivity index (χ3n) is 4.08. The second-order valence-corrected chi connectivity index (χ2v) is 7.81. The first kappa shape index (κ1) is 19.0. The Morgan fingerprint density at radius 3 is 2.15 bits per heavy atom. The van der Waals surface area contributed by atoms with Gasteiger partial charge in [0.1, 0.15) is 0 Å². The molecule has 5 nitrogen and oxygen atoms in total. The molecule has 0 saturated carbocycles. The molecule has 0 N–H and O–H groups in total. The second kappa shape index (κ2) is 7.88. The number of imide groups is 1. The number of amides is 2. The monoisotopic (exact) mass is 383 g/mol. The minimum atomic E-state index is -0.332. The molecule has 1 aliphatic heterocycles. The Bertz CT molecular complexity index is 906. The maximum atomic E-state index is 13.2. The highest BCUT2D eigenvalue weighted by Gasteiger charge is 2.40. The number of hydrogen-bond donors (Lipinski definition) is 0. The van der Waals surface area contributed by atoms with Crippen LogP contribution in [0, 0.1) is 0 Å². The van der Waals surface area contributed by atoms with E-state index in [1.165, 1.54) is 30.9 Å². The molecule has 2 amide bonds. The third-order valence-corrected chi connectivity index (χ3v) is 5.17. The fraction of sp³-hybridized carbons (Fsp3) is 0.238. The number of anilines is 1. The van der Waals surface area contributed by atoms with Crippen LogP contribution in [-0.4, -0.2) is 31.3 Å². The smallest absolute Gasteiger partial charge is 0.272 e. The normalized spacial score (nSPS) is 14.3. The van der Waals surface area contributed by atoms with E-state index in [1.54, 1.807) is 18.2 Å². The standard InChI is InChI=1S/C21H21NO4S/c1-13(2)27-19-18(14-8-6-5-7-9-14)20(23)22(21(19)24)15-10-11-16(25-3)17(12-15)26-4/h5-13H,1-4H3. The zero-order valence-electron chi connectivity index (χ0n) is 15.7. The molecule has 3 rings (SSSR count). The van der Waals surface area contributed by atoms with Crippen molar-refractivity contribution >= 4 is 34.8 Å². The molecule has 2 aromatic rings. The summed E-state index contributed by atoms with van der Waals surface area (Å²) < 4.78 is 10.6. The molecule has 0 aliphatic carbocycles. The molecule has 0 unspecified atom stereocenters. The van der Waals surface area contributed by atoms with Crippen molar-refractivity contribution in [3.63, 3.8) is 0 Å². The van der Waals surface area contributed by atoms with Crippen molar-refractivity contribution in [2.45, 2.75) is 19.1 Å². The van der Waals surface area contributed by atoms with E-state index in [4.69, 9.17) is 9.47 Å². The van der Waals surface area contributed by atoms with Gasteiger partial charge in [0, 0.05) is 11.3 Å². The van der Waals surface area contributed by atoms with Crippen molar-refractivity contribution in [2.75, 3.05) is 19.1 Å². The van der Waals surface area contributed by atoms with Crippen LogP contribution in [0.5, 0.6) is 11.5 Å². The fourth-order valence-corrected chi connectivity index (χ4v) is 3.90. The van der Waals surface area contributed by atoms with Crippen molar-refractivity contribution in [3.05, 3.63) is 59.0 Å². The molecule has 0 fully saturated rings. The quantitative estimate of drug-likeness (QED) is 0.702. The topological polar surface area (TPSA) is 55.8 Å². The molecule has 0 atom stereocenters. The van der Waals surface area contributed by atoms with Crippen LogP contribution in [-0.2, 0) is 9.59 Å². The van der Waals surface area contributed by atoms with Gasteiger partial charge in [-0.2, -0.15) is 0 Å². The molecule has 1 aliphatic rings. The Hall–Kier alpha value is -2.73. The molecule has 0 radical (unpaired) electrons. The lowest BCUT2D eigenvalue weighted by molar-refractivity contribution is -0.119. The summed E-state index contributed by atoms with van der Waals surface area (Å²) in [5.41, 5.74) is 1.63. The van der Waals surface area contributed by atoms with Crippen LogP contribution in [0.15, 0.2) is 53.4 Å². The summed E-state index contributed by atoms with van der Waals surface area (Å²) in [5, 5.41) is 0.167. The van der Waals surface area contributed by atoms with Crippen LogP contribution in [0.4, 0.5) is 5.69 Å². The Balaban J connectivity index is 2.09. The lowest BCUT2D eigenvalue weighted by Crippen LogP contribution is -2.31. The van der Waals surface area contributed by atoms with Crippen molar-refractivity contribution in [1.29, 1.82) is 0 Å². The number of benzene rings is 2. The van der Waals surface area contributed by atoms with E-state index in [-0.39, 0.29) is 17.1 Å². The lowest BCUT2D eigenvalue weighted by Gasteiger charge is -2.17. The zero-order valence-corrected chi connectivity index (χ0v) is 16.5. The molecular formula is C21H21NO4S. The Morgan fingerprint density at radius 1 is 0.889 bits per heavy atom. The third kappa shape index (κ3) is 3.57. The molecule has 1 heterocycles. The van der Waals surface area contributed by atoms with Crippen LogP contribution in [0.3, 0.4) is 0 Å². The molecule has 0 saturated heterocycles. The predicted molar refractivity (Wildman–Crippen MR) is 108 cm³/mol. The summed E-state index contributed by atoms with van der Waals surface area (Å²) in [4.78, 5) is 28.0. The SMILES string of the molecule is COc1ccc(N2C(=O)C(SC(C)C)=C(c3ccccc3)C2=O)cc1OC. The largest absolute Gasteiger partial charge is 0.493 e. The van der Waals surface area contributed by atoms with Crippen molar-refractivity contribution < 1.29 is 19.1 Å². The van der Waals surface area contributed by atoms with Gasteiger partial charge in [-0.15, -0.1) is 11.8 Å². The van der Waals surface area contributed by atoms with Crippen LogP contribution in [0.2, 0.25) is 0 Å². The summed E-state index contributed by atoms with van der Waals surface area (Å²) in [5.74, 6) is 0.349. The van der Waals surface area contributed by atoms with Crippen LogP contribution >= 0.6 is 11.8 Å². The summed E-state index contributed by atoms with van der Waals surface area (Å²) >= 11 is 1.40. The number of methoxy groups -OCH3 is 2. The molecule has 140 valence electrons. The van der Waals surface area contributed by atoms with Gasteiger partial charge in [-0.25, -0.2) is 4.90 Å². The van der Waals surface area contributed by atoms with Crippen molar-refractivity contribution in [3.8, 4) is 11.5 Å². The number of carbonyl (C=O) groups is 2. The summed E-state index contributed by atoms with van der Waals surface area (Å²) in [6.07, 6.45) is 0. The molecule has 0 bridgehead atoms. The number of hydrogen-bond acceptors (Lipinski definition) is 5. The van der Waals surface area contributed by atoms with E-state index < -0.39 is 0 Å². The van der Waals surface area contributed by atoms with Crippen LogP contribution in [0.25, 0.3) is 5.57 Å². The minimum Gasteiger partial charge on any atom is -0.493 e. The fourth-order valence-electron chi connectivity index (χ4n) is 2.91. The summed E-state index contributed by atoms with van der Waals surface area (Å²) in [6, 6.07) is 14.3. The highest BCUT2D eigenvalue weighted by Crippen LogP contribution is 2.41. The Kier molecular flexibility index (Phi) is 5.56. The molecule has 2 aromatic carbocycles. The van der Waals surface area contributed by atoms with E-state index in [0.717, 1.165) is 5.56 Å². The van der Waals surface area contributed by atoms with Crippen LogP contribution < -0.4 is 14.4 Å².